The molecular formula is C15H15NO2. The summed E-state index contributed by atoms with van der Waals surface area (Å²) in [6.45, 7) is 2.12. The zero-order valence-electron chi connectivity index (χ0n) is 10.5. The van der Waals surface area contributed by atoms with E-state index in [1.54, 1.807) is 12.3 Å². The van der Waals surface area contributed by atoms with Crippen LogP contribution in [0.5, 0.6) is 0 Å². The van der Waals surface area contributed by atoms with Gasteiger partial charge in [0.1, 0.15) is 0 Å². The van der Waals surface area contributed by atoms with E-state index in [0.29, 0.717) is 5.56 Å². The maximum Gasteiger partial charge on any atom is 0.339 e. The number of esters is 1. The Balaban J connectivity index is 2.35. The Morgan fingerprint density at radius 3 is 2.50 bits per heavy atom. The molecule has 0 atom stereocenters. The Bertz CT molecular complexity index is 547. The first kappa shape index (κ1) is 12.3. The average Bonchev–Trinajstić information content (AvgIpc) is 2.46. The number of aryl methyl sites for hydroxylation is 1. The summed E-state index contributed by atoms with van der Waals surface area (Å²) in [5.74, 6) is -0.366. The van der Waals surface area contributed by atoms with E-state index < -0.39 is 0 Å². The number of aromatic nitrogens is 1. The van der Waals surface area contributed by atoms with E-state index in [4.69, 9.17) is 0 Å². The quantitative estimate of drug-likeness (QED) is 0.775. The van der Waals surface area contributed by atoms with Crippen LogP contribution in [0.2, 0.25) is 0 Å². The standard InChI is InChI=1S/C15H15NO2/c1-3-11-4-6-12(7-5-11)13-8-14(10-16-9-13)15(17)18-2/h4-10H,3H2,1-2H3. The van der Waals surface area contributed by atoms with Crippen molar-refractivity contribution in [3.05, 3.63) is 53.9 Å². The molecule has 0 amide bonds. The van der Waals surface area contributed by atoms with Gasteiger partial charge in [-0.15, -0.1) is 0 Å². The van der Waals surface area contributed by atoms with Crippen molar-refractivity contribution >= 4 is 5.97 Å². The number of rotatable bonds is 3. The molecule has 0 fully saturated rings. The van der Waals surface area contributed by atoms with Crippen LogP contribution in [0.15, 0.2) is 42.7 Å². The lowest BCUT2D eigenvalue weighted by Crippen LogP contribution is -2.01. The molecule has 0 aliphatic heterocycles. The first-order valence-electron chi connectivity index (χ1n) is 5.87. The monoisotopic (exact) mass is 241 g/mol. The van der Waals surface area contributed by atoms with Crippen molar-refractivity contribution in [2.24, 2.45) is 0 Å². The van der Waals surface area contributed by atoms with E-state index in [2.05, 4.69) is 28.8 Å². The fraction of sp³-hybridized carbons (Fsp3) is 0.200. The topological polar surface area (TPSA) is 39.2 Å². The number of ether oxygens (including phenoxy) is 1. The van der Waals surface area contributed by atoms with Crippen LogP contribution in [-0.2, 0) is 11.2 Å². The van der Waals surface area contributed by atoms with Gasteiger partial charge in [-0.05, 0) is 23.6 Å². The molecule has 0 aliphatic rings. The summed E-state index contributed by atoms with van der Waals surface area (Å²) < 4.78 is 4.68. The minimum atomic E-state index is -0.366. The van der Waals surface area contributed by atoms with E-state index >= 15 is 0 Å². The van der Waals surface area contributed by atoms with Crippen LogP contribution >= 0.6 is 0 Å². The third-order valence-electron chi connectivity index (χ3n) is 2.85. The molecule has 0 aliphatic carbocycles. The minimum absolute atomic E-state index is 0.366. The van der Waals surface area contributed by atoms with Crippen LogP contribution in [0.1, 0.15) is 22.8 Å². The molecule has 1 aromatic heterocycles. The van der Waals surface area contributed by atoms with Gasteiger partial charge in [-0.1, -0.05) is 31.2 Å². The molecule has 2 rings (SSSR count). The Hall–Kier alpha value is -2.16. The van der Waals surface area contributed by atoms with Crippen molar-refractivity contribution in [2.45, 2.75) is 13.3 Å². The summed E-state index contributed by atoms with van der Waals surface area (Å²) in [6, 6.07) is 10.0. The van der Waals surface area contributed by atoms with E-state index in [1.807, 2.05) is 12.1 Å². The van der Waals surface area contributed by atoms with E-state index in [-0.39, 0.29) is 5.97 Å². The smallest absolute Gasteiger partial charge is 0.339 e. The third-order valence-corrected chi connectivity index (χ3v) is 2.85. The Morgan fingerprint density at radius 2 is 1.89 bits per heavy atom. The highest BCUT2D eigenvalue weighted by molar-refractivity contribution is 5.90. The fourth-order valence-electron chi connectivity index (χ4n) is 1.76. The summed E-state index contributed by atoms with van der Waals surface area (Å²) in [5.41, 5.74) is 3.72. The second-order valence-corrected chi connectivity index (χ2v) is 4.00. The maximum absolute atomic E-state index is 11.4. The van der Waals surface area contributed by atoms with Gasteiger partial charge in [0.2, 0.25) is 0 Å². The van der Waals surface area contributed by atoms with Crippen LogP contribution in [-0.4, -0.2) is 18.1 Å². The highest BCUT2D eigenvalue weighted by atomic mass is 16.5. The molecule has 0 saturated heterocycles. The highest BCUT2D eigenvalue weighted by Gasteiger charge is 2.07. The van der Waals surface area contributed by atoms with Crippen molar-refractivity contribution in [2.75, 3.05) is 7.11 Å². The van der Waals surface area contributed by atoms with E-state index in [0.717, 1.165) is 17.5 Å². The predicted octanol–water partition coefficient (Wildman–Crippen LogP) is 3.10. The molecule has 3 nitrogen and oxygen atoms in total. The second-order valence-electron chi connectivity index (χ2n) is 4.00. The third kappa shape index (κ3) is 2.56. The zero-order chi connectivity index (χ0) is 13.0. The molecule has 1 heterocycles. The van der Waals surface area contributed by atoms with Crippen LogP contribution < -0.4 is 0 Å². The first-order chi connectivity index (χ1) is 8.74. The van der Waals surface area contributed by atoms with Crippen LogP contribution in [0.25, 0.3) is 11.1 Å². The number of carbonyl (C=O) groups excluding carboxylic acids is 1. The number of nitrogens with zero attached hydrogens (tertiary/aromatic N) is 1. The van der Waals surface area contributed by atoms with E-state index in [1.165, 1.54) is 18.9 Å². The van der Waals surface area contributed by atoms with Gasteiger partial charge in [-0.2, -0.15) is 0 Å². The molecule has 0 N–H and O–H groups in total. The molecule has 0 saturated carbocycles. The SMILES string of the molecule is CCc1ccc(-c2cncc(C(=O)OC)c2)cc1. The number of hydrogen-bond acceptors (Lipinski definition) is 3. The van der Waals surface area contributed by atoms with Gasteiger partial charge in [-0.3, -0.25) is 4.98 Å². The van der Waals surface area contributed by atoms with Crippen LogP contribution in [0.3, 0.4) is 0 Å². The van der Waals surface area contributed by atoms with Gasteiger partial charge in [0.05, 0.1) is 12.7 Å². The van der Waals surface area contributed by atoms with Gasteiger partial charge in [0, 0.05) is 18.0 Å². The summed E-state index contributed by atoms with van der Waals surface area (Å²) in [7, 11) is 1.37. The van der Waals surface area contributed by atoms with Crippen molar-refractivity contribution < 1.29 is 9.53 Å². The molecule has 0 radical (unpaired) electrons. The fourth-order valence-corrected chi connectivity index (χ4v) is 1.76. The number of carbonyl (C=O) groups is 1. The Morgan fingerprint density at radius 1 is 1.17 bits per heavy atom. The largest absolute Gasteiger partial charge is 0.465 e. The van der Waals surface area contributed by atoms with Gasteiger partial charge in [-0.25, -0.2) is 4.79 Å². The highest BCUT2D eigenvalue weighted by Crippen LogP contribution is 2.20. The van der Waals surface area contributed by atoms with Crippen LogP contribution in [0, 0.1) is 0 Å². The summed E-state index contributed by atoms with van der Waals surface area (Å²) >= 11 is 0. The predicted molar refractivity (Wildman–Crippen MR) is 70.4 cm³/mol. The maximum atomic E-state index is 11.4. The number of hydrogen-bond donors (Lipinski definition) is 0. The first-order valence-corrected chi connectivity index (χ1v) is 5.87. The summed E-state index contributed by atoms with van der Waals surface area (Å²) in [5, 5.41) is 0. The van der Waals surface area contributed by atoms with Crippen molar-refractivity contribution in [1.82, 2.24) is 4.98 Å². The van der Waals surface area contributed by atoms with Gasteiger partial charge < -0.3 is 4.74 Å². The Kier molecular flexibility index (Phi) is 3.72. The normalized spacial score (nSPS) is 10.1. The molecule has 3 heteroatoms. The summed E-state index contributed by atoms with van der Waals surface area (Å²) in [4.78, 5) is 15.5. The van der Waals surface area contributed by atoms with Gasteiger partial charge in [0.15, 0.2) is 0 Å². The molecule has 2 aromatic rings. The minimum Gasteiger partial charge on any atom is -0.465 e. The second kappa shape index (κ2) is 5.45. The van der Waals surface area contributed by atoms with Crippen molar-refractivity contribution in [3.8, 4) is 11.1 Å². The number of methoxy groups -OCH3 is 1. The molecule has 92 valence electrons. The van der Waals surface area contributed by atoms with Crippen molar-refractivity contribution in [1.29, 1.82) is 0 Å². The lowest BCUT2D eigenvalue weighted by molar-refractivity contribution is 0.0600. The Labute approximate surface area is 106 Å². The average molecular weight is 241 g/mol. The zero-order valence-corrected chi connectivity index (χ0v) is 10.5. The van der Waals surface area contributed by atoms with Gasteiger partial charge >= 0.3 is 5.97 Å². The van der Waals surface area contributed by atoms with Crippen LogP contribution in [0.4, 0.5) is 0 Å². The molecule has 0 unspecified atom stereocenters. The molecule has 18 heavy (non-hydrogen) atoms. The molecule has 0 bridgehead atoms. The number of benzene rings is 1. The summed E-state index contributed by atoms with van der Waals surface area (Å²) in [6.07, 6.45) is 4.27. The van der Waals surface area contributed by atoms with Crippen molar-refractivity contribution in [3.63, 3.8) is 0 Å². The molecule has 1 aromatic carbocycles. The molecular weight excluding hydrogens is 226 g/mol. The lowest BCUT2D eigenvalue weighted by atomic mass is 10.0. The van der Waals surface area contributed by atoms with E-state index in [9.17, 15) is 4.79 Å². The molecule has 0 spiro atoms. The van der Waals surface area contributed by atoms with Gasteiger partial charge in [0.25, 0.3) is 0 Å². The lowest BCUT2D eigenvalue weighted by Gasteiger charge is -2.04. The number of pyridine rings is 1.